The molecule has 0 bridgehead atoms. The third-order valence-corrected chi connectivity index (χ3v) is 9.90. The molecule has 50 heavy (non-hydrogen) atoms. The van der Waals surface area contributed by atoms with Crippen LogP contribution in [0, 0.1) is 5.92 Å². The molecule has 0 spiro atoms. The minimum absolute atomic E-state index is 0.161. The molecule has 8 atom stereocenters. The number of aliphatic hydroxyl groups is 2. The maximum absolute atomic E-state index is 13.5. The van der Waals surface area contributed by atoms with Crippen LogP contribution in [0.25, 0.3) is 0 Å². The topological polar surface area (TPSA) is 141 Å². The van der Waals surface area contributed by atoms with Gasteiger partial charge in [0, 0.05) is 38.4 Å². The van der Waals surface area contributed by atoms with E-state index < -0.39 is 47.7 Å². The Morgan fingerprint density at radius 2 is 1.70 bits per heavy atom. The molecule has 3 aromatic rings. The van der Waals surface area contributed by atoms with Crippen LogP contribution >= 0.6 is 0 Å². The van der Waals surface area contributed by atoms with Gasteiger partial charge in [0.1, 0.15) is 29.1 Å². The number of unbranched alkanes of at least 4 members (excludes halogenated alkanes) is 1. The van der Waals surface area contributed by atoms with Crippen molar-refractivity contribution in [3.8, 4) is 23.0 Å². The molecular weight excluding hydrogens is 648 g/mol. The number of rotatable bonds is 14. The minimum atomic E-state index is -2.21. The molecule has 2 N–H and O–H groups in total. The van der Waals surface area contributed by atoms with E-state index in [1.807, 2.05) is 30.3 Å². The van der Waals surface area contributed by atoms with Crippen LogP contribution in [0.1, 0.15) is 48.8 Å². The predicted molar refractivity (Wildman–Crippen MR) is 179 cm³/mol. The lowest BCUT2D eigenvalue weighted by Gasteiger charge is -2.40. The van der Waals surface area contributed by atoms with Gasteiger partial charge >= 0.3 is 5.97 Å². The number of hydrogen-bond acceptors (Lipinski definition) is 12. The van der Waals surface area contributed by atoms with Gasteiger partial charge in [0.15, 0.2) is 11.2 Å². The molecule has 1 saturated carbocycles. The van der Waals surface area contributed by atoms with Gasteiger partial charge in [-0.1, -0.05) is 55.8 Å². The maximum atomic E-state index is 13.5. The molecule has 12 nitrogen and oxygen atoms in total. The molecule has 0 amide bonds. The Kier molecular flexibility index (Phi) is 10.9. The summed E-state index contributed by atoms with van der Waals surface area (Å²) in [6.07, 6.45) is -1.11. The van der Waals surface area contributed by atoms with Gasteiger partial charge in [0.25, 0.3) is 6.29 Å². The number of methoxy groups -OCH3 is 4. The molecule has 3 aliphatic rings. The summed E-state index contributed by atoms with van der Waals surface area (Å²) in [5.41, 5.74) is -2.64. The number of benzene rings is 3. The average molecular weight is 695 g/mol. The number of hydrogen-bond donors (Lipinski definition) is 2. The number of aliphatic hydroxyl groups excluding tert-OH is 1. The standard InChI is InChI=1S/C38H46O12/c1-6-7-18-46-19-17-26-22-47-35(45-5)36(48-26)49-27-20-28(43-3)32-29(21-27)50-38(24-13-15-25(42-2)16-14-24)31(23-11-9-8-10-12-23)30(34(40)44-4)33(39)37(32,38)41/h8-16,20-21,26,30-31,33,35-36,39,41H,6-7,17-19,22H2,1-5H3/t26-,30+,31+,33+,35+,36?,37-,38-/m0/s1. The largest absolute Gasteiger partial charge is 0.497 e. The molecule has 0 radical (unpaired) electrons. The second-order valence-corrected chi connectivity index (χ2v) is 12.6. The molecule has 270 valence electrons. The predicted octanol–water partition coefficient (Wildman–Crippen LogP) is 4.43. The summed E-state index contributed by atoms with van der Waals surface area (Å²) in [7, 11) is 5.75. The van der Waals surface area contributed by atoms with Gasteiger partial charge < -0.3 is 52.8 Å². The van der Waals surface area contributed by atoms with Gasteiger partial charge in [0.05, 0.1) is 45.5 Å². The number of ether oxygens (including phenoxy) is 9. The van der Waals surface area contributed by atoms with E-state index in [-0.39, 0.29) is 28.9 Å². The van der Waals surface area contributed by atoms with Crippen molar-refractivity contribution in [3.63, 3.8) is 0 Å². The van der Waals surface area contributed by atoms with Crippen LogP contribution in [-0.2, 0) is 39.7 Å². The smallest absolute Gasteiger partial charge is 0.312 e. The van der Waals surface area contributed by atoms with E-state index in [0.29, 0.717) is 43.1 Å². The van der Waals surface area contributed by atoms with Crippen LogP contribution in [0.5, 0.6) is 23.0 Å². The molecule has 1 unspecified atom stereocenters. The van der Waals surface area contributed by atoms with E-state index in [9.17, 15) is 15.0 Å². The lowest BCUT2D eigenvalue weighted by atomic mass is 9.70. The summed E-state index contributed by atoms with van der Waals surface area (Å²) in [5.74, 6) is -1.63. The summed E-state index contributed by atoms with van der Waals surface area (Å²) >= 11 is 0. The van der Waals surface area contributed by atoms with Gasteiger partial charge in [-0.3, -0.25) is 4.79 Å². The third-order valence-electron chi connectivity index (χ3n) is 9.90. The Balaban J connectivity index is 1.43. The first kappa shape index (κ1) is 35.9. The zero-order valence-corrected chi connectivity index (χ0v) is 29.0. The van der Waals surface area contributed by atoms with Crippen molar-refractivity contribution in [3.05, 3.63) is 83.4 Å². The van der Waals surface area contributed by atoms with E-state index >= 15 is 0 Å². The normalized spacial score (nSPS) is 29.8. The summed E-state index contributed by atoms with van der Waals surface area (Å²) in [5, 5.41) is 25.3. The average Bonchev–Trinajstić information content (AvgIpc) is 3.53. The summed E-state index contributed by atoms with van der Waals surface area (Å²) in [6, 6.07) is 19.3. The first-order valence-electron chi connectivity index (χ1n) is 16.9. The first-order chi connectivity index (χ1) is 24.3. The molecular formula is C38H46O12. The Bertz CT molecular complexity index is 1600. The molecule has 1 aliphatic carbocycles. The zero-order valence-electron chi connectivity index (χ0n) is 29.0. The Hall–Kier alpha value is -3.91. The van der Waals surface area contributed by atoms with Gasteiger partial charge in [-0.05, 0) is 36.1 Å². The molecule has 1 saturated heterocycles. The van der Waals surface area contributed by atoms with Crippen molar-refractivity contribution in [1.82, 2.24) is 0 Å². The van der Waals surface area contributed by atoms with Gasteiger partial charge in [-0.25, -0.2) is 0 Å². The van der Waals surface area contributed by atoms with Crippen LogP contribution in [0.15, 0.2) is 66.7 Å². The van der Waals surface area contributed by atoms with Crippen LogP contribution in [0.3, 0.4) is 0 Å². The van der Waals surface area contributed by atoms with Gasteiger partial charge in [-0.2, -0.15) is 0 Å². The second-order valence-electron chi connectivity index (χ2n) is 12.6. The Morgan fingerprint density at radius 3 is 2.36 bits per heavy atom. The monoisotopic (exact) mass is 694 g/mol. The molecule has 0 aromatic heterocycles. The van der Waals surface area contributed by atoms with Crippen molar-refractivity contribution in [2.45, 2.75) is 68.1 Å². The van der Waals surface area contributed by atoms with E-state index in [2.05, 4.69) is 6.92 Å². The third kappa shape index (κ3) is 6.07. The van der Waals surface area contributed by atoms with E-state index in [4.69, 9.17) is 42.6 Å². The Labute approximate surface area is 292 Å². The van der Waals surface area contributed by atoms with Gasteiger partial charge in [-0.15, -0.1) is 0 Å². The van der Waals surface area contributed by atoms with E-state index in [1.165, 1.54) is 21.3 Å². The lowest BCUT2D eigenvalue weighted by Crippen LogP contribution is -2.52. The minimum Gasteiger partial charge on any atom is -0.497 e. The van der Waals surface area contributed by atoms with Crippen LogP contribution in [0.2, 0.25) is 0 Å². The van der Waals surface area contributed by atoms with Crippen LogP contribution in [0.4, 0.5) is 0 Å². The summed E-state index contributed by atoms with van der Waals surface area (Å²) < 4.78 is 53.2. The van der Waals surface area contributed by atoms with Crippen molar-refractivity contribution in [2.24, 2.45) is 5.92 Å². The molecule has 2 heterocycles. The first-order valence-corrected chi connectivity index (χ1v) is 16.9. The maximum Gasteiger partial charge on any atom is 0.312 e. The molecule has 6 rings (SSSR count). The Morgan fingerprint density at radius 1 is 0.940 bits per heavy atom. The fourth-order valence-electron chi connectivity index (χ4n) is 7.54. The number of carbonyl (C=O) groups is 1. The fourth-order valence-corrected chi connectivity index (χ4v) is 7.54. The van der Waals surface area contributed by atoms with E-state index in [0.717, 1.165) is 12.8 Å². The second kappa shape index (κ2) is 15.1. The molecule has 3 aromatic carbocycles. The van der Waals surface area contributed by atoms with Gasteiger partial charge in [0.2, 0.25) is 6.29 Å². The van der Waals surface area contributed by atoms with Crippen molar-refractivity contribution < 1.29 is 57.6 Å². The molecule has 2 fully saturated rings. The van der Waals surface area contributed by atoms with Crippen molar-refractivity contribution in [2.75, 3.05) is 48.3 Å². The number of carbonyl (C=O) groups excluding carboxylic acids is 1. The SMILES string of the molecule is CCCCOCC[C@H]1CO[C@@H](OC)C(Oc2cc(OC)c3c(c2)O[C@@]2(c4ccc(OC)cc4)[C@H](c4ccccc4)[C@@H](C(=O)OC)[C@@H](O)[C@@]32O)O1. The van der Waals surface area contributed by atoms with Crippen molar-refractivity contribution in [1.29, 1.82) is 0 Å². The highest BCUT2D eigenvalue weighted by Gasteiger charge is 2.78. The van der Waals surface area contributed by atoms with Crippen molar-refractivity contribution >= 4 is 5.97 Å². The zero-order chi connectivity index (χ0) is 35.5. The number of esters is 1. The molecule has 12 heteroatoms. The summed E-state index contributed by atoms with van der Waals surface area (Å²) in [6.45, 7) is 3.62. The summed E-state index contributed by atoms with van der Waals surface area (Å²) in [4.78, 5) is 13.5. The van der Waals surface area contributed by atoms with Crippen LogP contribution in [-0.4, -0.2) is 89.2 Å². The molecule has 2 aliphatic heterocycles. The highest BCUT2D eigenvalue weighted by Crippen LogP contribution is 2.70. The highest BCUT2D eigenvalue weighted by atomic mass is 16.8. The van der Waals surface area contributed by atoms with Crippen LogP contribution < -0.4 is 18.9 Å². The number of fused-ring (bicyclic) bond motifs is 3. The highest BCUT2D eigenvalue weighted by molar-refractivity contribution is 5.78. The van der Waals surface area contributed by atoms with E-state index in [1.54, 1.807) is 43.5 Å². The lowest BCUT2D eigenvalue weighted by molar-refractivity contribution is -0.313. The fraction of sp³-hybridized carbons (Fsp3) is 0.500. The quantitative estimate of drug-likeness (QED) is 0.182.